The molecule has 0 bridgehead atoms. The number of hydrogen-bond donors (Lipinski definition) is 1. The third-order valence-corrected chi connectivity index (χ3v) is 2.41. The molecule has 1 aromatic heterocycles. The zero-order valence-corrected chi connectivity index (χ0v) is 10.3. The van der Waals surface area contributed by atoms with E-state index in [9.17, 15) is 0 Å². The highest BCUT2D eigenvalue weighted by molar-refractivity contribution is 5.40. The second-order valence-electron chi connectivity index (χ2n) is 3.68. The van der Waals surface area contributed by atoms with Crippen LogP contribution in [0.5, 0.6) is 11.5 Å². The molecular formula is C12H15N3O3. The molecule has 2 rings (SSSR count). The van der Waals surface area contributed by atoms with Gasteiger partial charge in [0.2, 0.25) is 5.89 Å². The van der Waals surface area contributed by atoms with Crippen LogP contribution in [0.4, 0.5) is 0 Å². The van der Waals surface area contributed by atoms with E-state index in [1.807, 2.05) is 12.1 Å². The fourth-order valence-electron chi connectivity index (χ4n) is 1.50. The molecule has 6 heteroatoms. The fourth-order valence-corrected chi connectivity index (χ4v) is 1.50. The van der Waals surface area contributed by atoms with Crippen LogP contribution in [0.3, 0.4) is 0 Å². The SMILES string of the molecule is COc1ccc(CN)c(OCc2nnc(C)o2)c1. The quantitative estimate of drug-likeness (QED) is 0.862. The van der Waals surface area contributed by atoms with E-state index in [0.717, 1.165) is 5.56 Å². The molecule has 0 atom stereocenters. The van der Waals surface area contributed by atoms with Crippen molar-refractivity contribution in [2.75, 3.05) is 7.11 Å². The van der Waals surface area contributed by atoms with Crippen molar-refractivity contribution in [3.63, 3.8) is 0 Å². The van der Waals surface area contributed by atoms with Gasteiger partial charge in [0.25, 0.3) is 5.89 Å². The highest BCUT2D eigenvalue weighted by Gasteiger charge is 2.08. The Labute approximate surface area is 105 Å². The van der Waals surface area contributed by atoms with Crippen molar-refractivity contribution in [3.8, 4) is 11.5 Å². The van der Waals surface area contributed by atoms with Gasteiger partial charge in [0.1, 0.15) is 11.5 Å². The van der Waals surface area contributed by atoms with Crippen LogP contribution in [-0.2, 0) is 13.2 Å². The number of aryl methyl sites for hydroxylation is 1. The third kappa shape index (κ3) is 2.78. The molecule has 0 amide bonds. The molecule has 1 aromatic carbocycles. The summed E-state index contributed by atoms with van der Waals surface area (Å²) < 4.78 is 16.0. The summed E-state index contributed by atoms with van der Waals surface area (Å²) in [6.07, 6.45) is 0. The van der Waals surface area contributed by atoms with Crippen LogP contribution in [-0.4, -0.2) is 17.3 Å². The number of nitrogens with zero attached hydrogens (tertiary/aromatic N) is 2. The number of ether oxygens (including phenoxy) is 2. The van der Waals surface area contributed by atoms with Crippen LogP contribution in [0, 0.1) is 6.92 Å². The predicted molar refractivity (Wildman–Crippen MR) is 64.3 cm³/mol. The number of benzene rings is 1. The zero-order chi connectivity index (χ0) is 13.0. The number of nitrogens with two attached hydrogens (primary N) is 1. The summed E-state index contributed by atoms with van der Waals surface area (Å²) in [5.74, 6) is 2.31. The standard InChI is InChI=1S/C12H15N3O3/c1-8-14-15-12(18-8)7-17-11-5-10(16-2)4-3-9(11)6-13/h3-5H,6-7,13H2,1-2H3. The van der Waals surface area contributed by atoms with Crippen LogP contribution >= 0.6 is 0 Å². The summed E-state index contributed by atoms with van der Waals surface area (Å²) in [6, 6.07) is 5.49. The maximum atomic E-state index is 5.64. The maximum absolute atomic E-state index is 5.64. The summed E-state index contributed by atoms with van der Waals surface area (Å²) in [7, 11) is 1.60. The second-order valence-corrected chi connectivity index (χ2v) is 3.68. The zero-order valence-electron chi connectivity index (χ0n) is 10.3. The minimum atomic E-state index is 0.209. The lowest BCUT2D eigenvalue weighted by molar-refractivity contribution is 0.257. The molecule has 0 saturated carbocycles. The minimum Gasteiger partial charge on any atom is -0.497 e. The number of aromatic nitrogens is 2. The van der Waals surface area contributed by atoms with Gasteiger partial charge in [-0.15, -0.1) is 10.2 Å². The van der Waals surface area contributed by atoms with Crippen LogP contribution in [0.2, 0.25) is 0 Å². The van der Waals surface area contributed by atoms with E-state index < -0.39 is 0 Å². The number of rotatable bonds is 5. The van der Waals surface area contributed by atoms with Crippen molar-refractivity contribution >= 4 is 0 Å². The van der Waals surface area contributed by atoms with Crippen molar-refractivity contribution in [1.29, 1.82) is 0 Å². The van der Waals surface area contributed by atoms with Crippen LogP contribution < -0.4 is 15.2 Å². The highest BCUT2D eigenvalue weighted by Crippen LogP contribution is 2.25. The summed E-state index contributed by atoms with van der Waals surface area (Å²) in [4.78, 5) is 0. The largest absolute Gasteiger partial charge is 0.497 e. The smallest absolute Gasteiger partial charge is 0.253 e. The van der Waals surface area contributed by atoms with Gasteiger partial charge < -0.3 is 19.6 Å². The van der Waals surface area contributed by atoms with E-state index >= 15 is 0 Å². The van der Waals surface area contributed by atoms with Gasteiger partial charge in [-0.1, -0.05) is 6.07 Å². The maximum Gasteiger partial charge on any atom is 0.253 e. The van der Waals surface area contributed by atoms with E-state index in [1.54, 1.807) is 20.1 Å². The molecule has 0 radical (unpaired) electrons. The Morgan fingerprint density at radius 2 is 2.17 bits per heavy atom. The van der Waals surface area contributed by atoms with E-state index in [2.05, 4.69) is 10.2 Å². The van der Waals surface area contributed by atoms with Crippen LogP contribution in [0.1, 0.15) is 17.3 Å². The van der Waals surface area contributed by atoms with Gasteiger partial charge in [0.05, 0.1) is 7.11 Å². The Morgan fingerprint density at radius 3 is 2.78 bits per heavy atom. The van der Waals surface area contributed by atoms with Gasteiger partial charge >= 0.3 is 0 Å². The Balaban J connectivity index is 2.11. The predicted octanol–water partition coefficient (Wildman–Crippen LogP) is 1.42. The van der Waals surface area contributed by atoms with E-state index in [-0.39, 0.29) is 6.61 Å². The lowest BCUT2D eigenvalue weighted by Crippen LogP contribution is -2.03. The molecule has 0 aliphatic rings. The molecule has 18 heavy (non-hydrogen) atoms. The van der Waals surface area contributed by atoms with Gasteiger partial charge in [-0.25, -0.2) is 0 Å². The normalized spacial score (nSPS) is 10.4. The fraction of sp³-hybridized carbons (Fsp3) is 0.333. The molecule has 0 aliphatic carbocycles. The Morgan fingerprint density at radius 1 is 1.33 bits per heavy atom. The number of methoxy groups -OCH3 is 1. The molecule has 0 fully saturated rings. The molecule has 2 aromatic rings. The lowest BCUT2D eigenvalue weighted by atomic mass is 10.2. The molecule has 2 N–H and O–H groups in total. The van der Waals surface area contributed by atoms with E-state index in [4.69, 9.17) is 19.6 Å². The molecular weight excluding hydrogens is 234 g/mol. The van der Waals surface area contributed by atoms with Gasteiger partial charge in [0, 0.05) is 25.1 Å². The summed E-state index contributed by atoms with van der Waals surface area (Å²) >= 11 is 0. The lowest BCUT2D eigenvalue weighted by Gasteiger charge is -2.10. The highest BCUT2D eigenvalue weighted by atomic mass is 16.5. The van der Waals surface area contributed by atoms with Crippen molar-refractivity contribution in [2.45, 2.75) is 20.1 Å². The van der Waals surface area contributed by atoms with Crippen LogP contribution in [0.25, 0.3) is 0 Å². The van der Waals surface area contributed by atoms with Crippen molar-refractivity contribution in [2.24, 2.45) is 5.73 Å². The average Bonchev–Trinajstić information content (AvgIpc) is 2.81. The first-order valence-corrected chi connectivity index (χ1v) is 5.51. The Bertz CT molecular complexity index is 525. The van der Waals surface area contributed by atoms with Gasteiger partial charge in [-0.3, -0.25) is 0 Å². The first kappa shape index (κ1) is 12.4. The molecule has 0 saturated heterocycles. The summed E-state index contributed by atoms with van der Waals surface area (Å²) in [5.41, 5.74) is 6.54. The van der Waals surface area contributed by atoms with Crippen LogP contribution in [0.15, 0.2) is 22.6 Å². The molecule has 0 unspecified atom stereocenters. The first-order chi connectivity index (χ1) is 8.72. The second kappa shape index (κ2) is 5.50. The monoisotopic (exact) mass is 249 g/mol. The minimum absolute atomic E-state index is 0.209. The Hall–Kier alpha value is -2.08. The van der Waals surface area contributed by atoms with E-state index in [1.165, 1.54) is 0 Å². The average molecular weight is 249 g/mol. The topological polar surface area (TPSA) is 83.4 Å². The van der Waals surface area contributed by atoms with Crippen molar-refractivity contribution in [3.05, 3.63) is 35.5 Å². The summed E-state index contributed by atoms with van der Waals surface area (Å²) in [5, 5.41) is 7.58. The van der Waals surface area contributed by atoms with Gasteiger partial charge in [-0.05, 0) is 6.07 Å². The van der Waals surface area contributed by atoms with Crippen molar-refractivity contribution < 1.29 is 13.9 Å². The third-order valence-electron chi connectivity index (χ3n) is 2.41. The molecule has 6 nitrogen and oxygen atoms in total. The molecule has 1 heterocycles. The van der Waals surface area contributed by atoms with Gasteiger partial charge in [0.15, 0.2) is 6.61 Å². The van der Waals surface area contributed by atoms with E-state index in [0.29, 0.717) is 29.8 Å². The Kier molecular flexibility index (Phi) is 3.78. The molecule has 96 valence electrons. The van der Waals surface area contributed by atoms with Gasteiger partial charge in [-0.2, -0.15) is 0 Å². The van der Waals surface area contributed by atoms with Crippen molar-refractivity contribution in [1.82, 2.24) is 10.2 Å². The number of hydrogen-bond acceptors (Lipinski definition) is 6. The summed E-state index contributed by atoms with van der Waals surface area (Å²) in [6.45, 7) is 2.33. The molecule has 0 spiro atoms. The first-order valence-electron chi connectivity index (χ1n) is 5.51. The molecule has 0 aliphatic heterocycles.